The number of rotatable bonds is 5. The molecule has 1 saturated heterocycles. The van der Waals surface area contributed by atoms with Crippen LogP contribution in [0.3, 0.4) is 0 Å². The SMILES string of the molecule is NNc1cc([N+](=O)[O-])cc(NCC(=O)N2CCCCC2)n1. The summed E-state index contributed by atoms with van der Waals surface area (Å²) in [7, 11) is 0. The minimum absolute atomic E-state index is 0.0368. The first-order chi connectivity index (χ1) is 10.1. The second-order valence-electron chi connectivity index (χ2n) is 4.79. The first-order valence-corrected chi connectivity index (χ1v) is 6.75. The Hall–Kier alpha value is -2.42. The van der Waals surface area contributed by atoms with Crippen LogP contribution in [0, 0.1) is 10.1 Å². The molecule has 9 heteroatoms. The summed E-state index contributed by atoms with van der Waals surface area (Å²) in [5.74, 6) is 5.59. The summed E-state index contributed by atoms with van der Waals surface area (Å²) >= 11 is 0. The van der Waals surface area contributed by atoms with E-state index in [0.717, 1.165) is 32.4 Å². The molecule has 1 aromatic heterocycles. The number of carbonyl (C=O) groups excluding carboxylic acids is 1. The number of amides is 1. The van der Waals surface area contributed by atoms with E-state index >= 15 is 0 Å². The number of piperidine rings is 1. The Morgan fingerprint density at radius 3 is 2.62 bits per heavy atom. The van der Waals surface area contributed by atoms with Gasteiger partial charge in [-0.15, -0.1) is 0 Å². The molecule has 2 heterocycles. The highest BCUT2D eigenvalue weighted by molar-refractivity contribution is 5.80. The van der Waals surface area contributed by atoms with Crippen molar-refractivity contribution in [2.75, 3.05) is 30.4 Å². The molecule has 1 aromatic rings. The Balaban J connectivity index is 2.00. The lowest BCUT2D eigenvalue weighted by molar-refractivity contribution is -0.384. The van der Waals surface area contributed by atoms with Crippen LogP contribution in [0.2, 0.25) is 0 Å². The van der Waals surface area contributed by atoms with Crippen molar-refractivity contribution >= 4 is 23.2 Å². The molecule has 21 heavy (non-hydrogen) atoms. The summed E-state index contributed by atoms with van der Waals surface area (Å²) in [6, 6.07) is 2.49. The van der Waals surface area contributed by atoms with E-state index in [1.165, 1.54) is 12.1 Å². The average Bonchev–Trinajstić information content (AvgIpc) is 2.53. The maximum atomic E-state index is 12.0. The molecule has 0 bridgehead atoms. The van der Waals surface area contributed by atoms with E-state index in [9.17, 15) is 14.9 Å². The molecule has 1 amide bonds. The normalized spacial score (nSPS) is 14.6. The Morgan fingerprint density at radius 2 is 2.00 bits per heavy atom. The van der Waals surface area contributed by atoms with Gasteiger partial charge >= 0.3 is 0 Å². The molecule has 0 saturated carbocycles. The fourth-order valence-electron chi connectivity index (χ4n) is 2.21. The first kappa shape index (κ1) is 15.0. The number of anilines is 2. The number of hydrogen-bond donors (Lipinski definition) is 3. The lowest BCUT2D eigenvalue weighted by Crippen LogP contribution is -2.39. The summed E-state index contributed by atoms with van der Waals surface area (Å²) in [5, 5.41) is 13.6. The van der Waals surface area contributed by atoms with Gasteiger partial charge in [-0.05, 0) is 19.3 Å². The molecule has 0 atom stereocenters. The van der Waals surface area contributed by atoms with E-state index < -0.39 is 4.92 Å². The van der Waals surface area contributed by atoms with Crippen molar-refractivity contribution in [1.29, 1.82) is 0 Å². The van der Waals surface area contributed by atoms with Gasteiger partial charge in [0.25, 0.3) is 5.69 Å². The van der Waals surface area contributed by atoms with Crippen molar-refractivity contribution in [2.45, 2.75) is 19.3 Å². The Kier molecular flexibility index (Phi) is 4.88. The van der Waals surface area contributed by atoms with Gasteiger partial charge in [0, 0.05) is 13.1 Å². The molecule has 0 aromatic carbocycles. The van der Waals surface area contributed by atoms with Crippen LogP contribution >= 0.6 is 0 Å². The Bertz CT molecular complexity index is 530. The second-order valence-corrected chi connectivity index (χ2v) is 4.79. The standard InChI is InChI=1S/C12H18N6O3/c13-16-11-7-9(18(20)21)6-10(15-11)14-8-12(19)17-4-2-1-3-5-17/h6-7H,1-5,8,13H2,(H2,14,15,16). The second kappa shape index (κ2) is 6.84. The van der Waals surface area contributed by atoms with Gasteiger partial charge in [0.2, 0.25) is 5.91 Å². The summed E-state index contributed by atoms with van der Waals surface area (Å²) in [4.78, 5) is 28.1. The Morgan fingerprint density at radius 1 is 1.33 bits per heavy atom. The number of hydrazine groups is 1. The molecule has 9 nitrogen and oxygen atoms in total. The maximum Gasteiger partial charge on any atom is 0.276 e. The molecule has 0 aliphatic carbocycles. The van der Waals surface area contributed by atoms with Gasteiger partial charge in [-0.2, -0.15) is 0 Å². The number of nitrogens with zero attached hydrogens (tertiary/aromatic N) is 3. The summed E-state index contributed by atoms with van der Waals surface area (Å²) in [6.45, 7) is 1.58. The molecule has 0 spiro atoms. The van der Waals surface area contributed by atoms with Crippen molar-refractivity contribution < 1.29 is 9.72 Å². The molecule has 1 fully saturated rings. The van der Waals surface area contributed by atoms with Crippen LogP contribution < -0.4 is 16.6 Å². The largest absolute Gasteiger partial charge is 0.361 e. The van der Waals surface area contributed by atoms with Crippen LogP contribution in [-0.2, 0) is 4.79 Å². The highest BCUT2D eigenvalue weighted by atomic mass is 16.6. The molecule has 2 rings (SSSR count). The van der Waals surface area contributed by atoms with E-state index in [1.807, 2.05) is 0 Å². The first-order valence-electron chi connectivity index (χ1n) is 6.75. The van der Waals surface area contributed by atoms with Crippen LogP contribution in [0.15, 0.2) is 12.1 Å². The minimum Gasteiger partial charge on any atom is -0.361 e. The number of nitrogen functional groups attached to an aromatic ring is 1. The van der Waals surface area contributed by atoms with Gasteiger partial charge in [0.05, 0.1) is 23.6 Å². The van der Waals surface area contributed by atoms with Gasteiger partial charge in [-0.25, -0.2) is 10.8 Å². The van der Waals surface area contributed by atoms with E-state index in [0.29, 0.717) is 0 Å². The van der Waals surface area contributed by atoms with Gasteiger partial charge in [-0.3, -0.25) is 14.9 Å². The summed E-state index contributed by atoms with van der Waals surface area (Å²) < 4.78 is 0. The minimum atomic E-state index is -0.542. The van der Waals surface area contributed by atoms with Crippen molar-refractivity contribution in [3.8, 4) is 0 Å². The van der Waals surface area contributed by atoms with Crippen LogP contribution in [0.4, 0.5) is 17.3 Å². The van der Waals surface area contributed by atoms with Crippen LogP contribution in [-0.4, -0.2) is 40.3 Å². The zero-order valence-corrected chi connectivity index (χ0v) is 11.5. The van der Waals surface area contributed by atoms with Crippen molar-refractivity contribution in [2.24, 2.45) is 5.84 Å². The fourth-order valence-corrected chi connectivity index (χ4v) is 2.21. The lowest BCUT2D eigenvalue weighted by atomic mass is 10.1. The average molecular weight is 294 g/mol. The quantitative estimate of drug-likeness (QED) is 0.414. The summed E-state index contributed by atoms with van der Waals surface area (Å²) in [5.41, 5.74) is 2.12. The molecule has 114 valence electrons. The smallest absolute Gasteiger partial charge is 0.276 e. The van der Waals surface area contributed by atoms with Crippen molar-refractivity contribution in [3.05, 3.63) is 22.2 Å². The van der Waals surface area contributed by atoms with Gasteiger partial charge in [0.15, 0.2) is 0 Å². The number of nitrogens with one attached hydrogen (secondary N) is 2. The molecule has 1 aliphatic heterocycles. The van der Waals surface area contributed by atoms with Crippen LogP contribution in [0.25, 0.3) is 0 Å². The highest BCUT2D eigenvalue weighted by Crippen LogP contribution is 2.20. The maximum absolute atomic E-state index is 12.0. The van der Waals surface area contributed by atoms with Gasteiger partial charge < -0.3 is 15.6 Å². The van der Waals surface area contributed by atoms with E-state index in [1.54, 1.807) is 4.90 Å². The number of aromatic nitrogens is 1. The predicted molar refractivity (Wildman–Crippen MR) is 77.6 cm³/mol. The van der Waals surface area contributed by atoms with Gasteiger partial charge in [0.1, 0.15) is 11.6 Å². The molecular formula is C12H18N6O3. The van der Waals surface area contributed by atoms with Crippen LogP contribution in [0.1, 0.15) is 19.3 Å². The van der Waals surface area contributed by atoms with E-state index in [2.05, 4.69) is 15.7 Å². The Labute approximate surface area is 121 Å². The van der Waals surface area contributed by atoms with E-state index in [4.69, 9.17) is 5.84 Å². The monoisotopic (exact) mass is 294 g/mol. The van der Waals surface area contributed by atoms with Crippen LogP contribution in [0.5, 0.6) is 0 Å². The molecule has 0 radical (unpaired) electrons. The summed E-state index contributed by atoms with van der Waals surface area (Å²) in [6.07, 6.45) is 3.18. The third-order valence-corrected chi connectivity index (χ3v) is 3.30. The topological polar surface area (TPSA) is 126 Å². The number of hydrogen-bond acceptors (Lipinski definition) is 7. The van der Waals surface area contributed by atoms with Crippen molar-refractivity contribution in [3.63, 3.8) is 0 Å². The van der Waals surface area contributed by atoms with Gasteiger partial charge in [-0.1, -0.05) is 0 Å². The predicted octanol–water partition coefficient (Wildman–Crippen LogP) is 0.700. The number of nitrogens with two attached hydrogens (primary N) is 1. The number of nitro groups is 1. The third kappa shape index (κ3) is 4.02. The fraction of sp³-hybridized carbons (Fsp3) is 0.500. The lowest BCUT2D eigenvalue weighted by Gasteiger charge is -2.26. The molecule has 1 aliphatic rings. The number of carbonyl (C=O) groups is 1. The molecule has 4 N–H and O–H groups in total. The zero-order valence-electron chi connectivity index (χ0n) is 11.5. The van der Waals surface area contributed by atoms with Crippen molar-refractivity contribution in [1.82, 2.24) is 9.88 Å². The molecular weight excluding hydrogens is 276 g/mol. The van der Waals surface area contributed by atoms with E-state index in [-0.39, 0.29) is 29.8 Å². The number of pyridine rings is 1. The highest BCUT2D eigenvalue weighted by Gasteiger charge is 2.17. The molecule has 0 unspecified atom stereocenters. The zero-order chi connectivity index (χ0) is 15.2. The third-order valence-electron chi connectivity index (χ3n) is 3.30. The number of likely N-dealkylation sites (tertiary alicyclic amines) is 1.